The molecule has 0 radical (unpaired) electrons. The van der Waals surface area contributed by atoms with E-state index in [0.29, 0.717) is 0 Å². The SMILES string of the molecule is C1=C(c2cccc(C3=NCCCN3)c2)NCCC1. The predicted octanol–water partition coefficient (Wildman–Crippen LogP) is 2.15. The summed E-state index contributed by atoms with van der Waals surface area (Å²) in [4.78, 5) is 4.55. The highest BCUT2D eigenvalue weighted by Gasteiger charge is 2.10. The van der Waals surface area contributed by atoms with E-state index in [0.717, 1.165) is 31.9 Å². The van der Waals surface area contributed by atoms with Gasteiger partial charge in [-0.1, -0.05) is 24.3 Å². The molecule has 2 N–H and O–H groups in total. The molecule has 0 unspecified atom stereocenters. The molecule has 2 heterocycles. The standard InChI is InChI=1S/C15H19N3/c1-2-8-16-14(7-1)12-5-3-6-13(11-12)15-17-9-4-10-18-15/h3,5-7,11,16H,1-2,4,8-10H2,(H,17,18). The summed E-state index contributed by atoms with van der Waals surface area (Å²) >= 11 is 0. The van der Waals surface area contributed by atoms with Gasteiger partial charge in [-0.05, 0) is 30.9 Å². The zero-order chi connectivity index (χ0) is 12.2. The molecule has 2 aliphatic heterocycles. The molecule has 0 spiro atoms. The van der Waals surface area contributed by atoms with Crippen LogP contribution < -0.4 is 10.6 Å². The Balaban J connectivity index is 1.88. The van der Waals surface area contributed by atoms with Crippen LogP contribution in [0.5, 0.6) is 0 Å². The van der Waals surface area contributed by atoms with E-state index in [9.17, 15) is 0 Å². The molecule has 3 heteroatoms. The first-order valence-electron chi connectivity index (χ1n) is 6.77. The van der Waals surface area contributed by atoms with Crippen LogP contribution in [0.2, 0.25) is 0 Å². The second-order valence-electron chi connectivity index (χ2n) is 4.78. The van der Waals surface area contributed by atoms with Gasteiger partial charge in [0.25, 0.3) is 0 Å². The van der Waals surface area contributed by atoms with Gasteiger partial charge in [0, 0.05) is 30.9 Å². The molecule has 2 aliphatic rings. The summed E-state index contributed by atoms with van der Waals surface area (Å²) in [5, 5.41) is 6.84. The Hall–Kier alpha value is -1.77. The third-order valence-electron chi connectivity index (χ3n) is 3.39. The Bertz CT molecular complexity index is 447. The summed E-state index contributed by atoms with van der Waals surface area (Å²) in [6.07, 6.45) is 5.83. The lowest BCUT2D eigenvalue weighted by Crippen LogP contribution is -2.30. The van der Waals surface area contributed by atoms with E-state index in [1.165, 1.54) is 29.7 Å². The predicted molar refractivity (Wildman–Crippen MR) is 75.7 cm³/mol. The maximum Gasteiger partial charge on any atom is 0.128 e. The van der Waals surface area contributed by atoms with Crippen LogP contribution in [0.1, 0.15) is 30.4 Å². The number of allylic oxidation sites excluding steroid dienone is 1. The van der Waals surface area contributed by atoms with E-state index in [4.69, 9.17) is 0 Å². The van der Waals surface area contributed by atoms with Crippen molar-refractivity contribution >= 4 is 11.5 Å². The van der Waals surface area contributed by atoms with Gasteiger partial charge in [0.1, 0.15) is 5.84 Å². The van der Waals surface area contributed by atoms with Gasteiger partial charge in [-0.3, -0.25) is 4.99 Å². The van der Waals surface area contributed by atoms with Gasteiger partial charge in [-0.25, -0.2) is 0 Å². The fourth-order valence-corrected chi connectivity index (χ4v) is 2.42. The lowest BCUT2D eigenvalue weighted by Gasteiger charge is -2.18. The summed E-state index contributed by atoms with van der Waals surface area (Å²) in [5.74, 6) is 1.04. The summed E-state index contributed by atoms with van der Waals surface area (Å²) < 4.78 is 0. The maximum absolute atomic E-state index is 4.55. The van der Waals surface area contributed by atoms with Crippen molar-refractivity contribution in [1.29, 1.82) is 0 Å². The highest BCUT2D eigenvalue weighted by molar-refractivity contribution is 5.99. The lowest BCUT2D eigenvalue weighted by atomic mass is 10.0. The zero-order valence-corrected chi connectivity index (χ0v) is 10.6. The quantitative estimate of drug-likeness (QED) is 0.832. The van der Waals surface area contributed by atoms with Crippen molar-refractivity contribution in [3.8, 4) is 0 Å². The van der Waals surface area contributed by atoms with Crippen molar-refractivity contribution in [1.82, 2.24) is 10.6 Å². The number of hydrogen-bond acceptors (Lipinski definition) is 3. The fourth-order valence-electron chi connectivity index (χ4n) is 2.42. The van der Waals surface area contributed by atoms with E-state index in [1.807, 2.05) is 0 Å². The highest BCUT2D eigenvalue weighted by atomic mass is 15.0. The molecular formula is C15H19N3. The molecule has 0 aliphatic carbocycles. The van der Waals surface area contributed by atoms with Gasteiger partial charge in [-0.2, -0.15) is 0 Å². The van der Waals surface area contributed by atoms with Gasteiger partial charge in [0.05, 0.1) is 0 Å². The van der Waals surface area contributed by atoms with Crippen LogP contribution in [0.3, 0.4) is 0 Å². The molecule has 94 valence electrons. The van der Waals surface area contributed by atoms with E-state index in [2.05, 4.69) is 46.0 Å². The number of rotatable bonds is 2. The number of aliphatic imine (C=N–C) groups is 1. The van der Waals surface area contributed by atoms with Gasteiger partial charge >= 0.3 is 0 Å². The van der Waals surface area contributed by atoms with E-state index >= 15 is 0 Å². The normalized spacial score (nSPS) is 19.3. The number of nitrogens with one attached hydrogen (secondary N) is 2. The van der Waals surface area contributed by atoms with Crippen molar-refractivity contribution in [2.24, 2.45) is 4.99 Å². The van der Waals surface area contributed by atoms with Crippen LogP contribution >= 0.6 is 0 Å². The highest BCUT2D eigenvalue weighted by Crippen LogP contribution is 2.18. The van der Waals surface area contributed by atoms with Crippen LogP contribution in [0, 0.1) is 0 Å². The van der Waals surface area contributed by atoms with Gasteiger partial charge in [-0.15, -0.1) is 0 Å². The van der Waals surface area contributed by atoms with Crippen LogP contribution in [0.25, 0.3) is 5.70 Å². The van der Waals surface area contributed by atoms with Crippen LogP contribution in [0.4, 0.5) is 0 Å². The van der Waals surface area contributed by atoms with Gasteiger partial charge < -0.3 is 10.6 Å². The Kier molecular flexibility index (Phi) is 3.31. The molecule has 0 aromatic heterocycles. The average molecular weight is 241 g/mol. The Morgan fingerprint density at radius 3 is 2.67 bits per heavy atom. The zero-order valence-electron chi connectivity index (χ0n) is 10.6. The summed E-state index contributed by atoms with van der Waals surface area (Å²) in [5.41, 5.74) is 3.72. The van der Waals surface area contributed by atoms with Crippen molar-refractivity contribution in [2.45, 2.75) is 19.3 Å². The molecule has 3 rings (SSSR count). The topological polar surface area (TPSA) is 36.4 Å². The first kappa shape index (κ1) is 11.3. The second kappa shape index (κ2) is 5.25. The maximum atomic E-state index is 4.55. The lowest BCUT2D eigenvalue weighted by molar-refractivity contribution is 0.741. The molecule has 0 saturated heterocycles. The molecule has 0 atom stereocenters. The Morgan fingerprint density at radius 1 is 1.00 bits per heavy atom. The monoisotopic (exact) mass is 241 g/mol. The Morgan fingerprint density at radius 2 is 1.89 bits per heavy atom. The number of nitrogens with zero attached hydrogens (tertiary/aromatic N) is 1. The summed E-state index contributed by atoms with van der Waals surface area (Å²) in [6, 6.07) is 8.63. The number of hydrogen-bond donors (Lipinski definition) is 2. The fraction of sp³-hybridized carbons (Fsp3) is 0.400. The van der Waals surface area contributed by atoms with Gasteiger partial charge in [0.15, 0.2) is 0 Å². The third-order valence-corrected chi connectivity index (χ3v) is 3.39. The minimum atomic E-state index is 0.938. The summed E-state index contributed by atoms with van der Waals surface area (Å²) in [6.45, 7) is 3.05. The smallest absolute Gasteiger partial charge is 0.128 e. The first-order chi connectivity index (χ1) is 8.93. The second-order valence-corrected chi connectivity index (χ2v) is 4.78. The van der Waals surface area contributed by atoms with Crippen LogP contribution in [-0.4, -0.2) is 25.5 Å². The molecule has 1 aromatic carbocycles. The average Bonchev–Trinajstić information content (AvgIpc) is 2.49. The first-order valence-corrected chi connectivity index (χ1v) is 6.77. The van der Waals surface area contributed by atoms with Crippen molar-refractivity contribution in [3.63, 3.8) is 0 Å². The molecule has 1 aromatic rings. The van der Waals surface area contributed by atoms with E-state index in [1.54, 1.807) is 0 Å². The van der Waals surface area contributed by atoms with E-state index in [-0.39, 0.29) is 0 Å². The molecule has 0 amide bonds. The van der Waals surface area contributed by atoms with E-state index < -0.39 is 0 Å². The summed E-state index contributed by atoms with van der Waals surface area (Å²) in [7, 11) is 0. The van der Waals surface area contributed by atoms with Crippen LogP contribution in [0.15, 0.2) is 35.3 Å². The van der Waals surface area contributed by atoms with Gasteiger partial charge in [0.2, 0.25) is 0 Å². The number of benzene rings is 1. The van der Waals surface area contributed by atoms with Crippen molar-refractivity contribution in [2.75, 3.05) is 19.6 Å². The molecular weight excluding hydrogens is 222 g/mol. The van der Waals surface area contributed by atoms with Crippen LogP contribution in [-0.2, 0) is 0 Å². The molecule has 18 heavy (non-hydrogen) atoms. The molecule has 0 bridgehead atoms. The van der Waals surface area contributed by atoms with Crippen molar-refractivity contribution < 1.29 is 0 Å². The largest absolute Gasteiger partial charge is 0.385 e. The molecule has 3 nitrogen and oxygen atoms in total. The minimum absolute atomic E-state index is 0.938. The Labute approximate surface area is 108 Å². The van der Waals surface area contributed by atoms with Crippen molar-refractivity contribution in [3.05, 3.63) is 41.5 Å². The third kappa shape index (κ3) is 2.40. The molecule has 0 saturated carbocycles. The minimum Gasteiger partial charge on any atom is -0.385 e. The molecule has 0 fully saturated rings. The number of amidine groups is 1.